The van der Waals surface area contributed by atoms with Crippen molar-refractivity contribution in [3.05, 3.63) is 0 Å². The zero-order valence-electron chi connectivity index (χ0n) is 65.7. The number of amides is 4. The lowest BCUT2D eigenvalue weighted by atomic mass is 9.93. The number of hydrogen-bond donors (Lipinski definition) is 31. The van der Waals surface area contributed by atoms with Gasteiger partial charge in [0.25, 0.3) is 0 Å². The Balaban J connectivity index is 1.00. The van der Waals surface area contributed by atoms with Gasteiger partial charge >= 0.3 is 0 Å². The van der Waals surface area contributed by atoms with Crippen LogP contribution >= 0.6 is 0 Å². The molecule has 31 N–H and O–H groups in total. The van der Waals surface area contributed by atoms with Crippen LogP contribution in [0.5, 0.6) is 0 Å². The first-order chi connectivity index (χ1) is 57.7. The van der Waals surface area contributed by atoms with Crippen LogP contribution in [-0.2, 0) is 109 Å². The van der Waals surface area contributed by atoms with Gasteiger partial charge in [0.15, 0.2) is 62.9 Å². The van der Waals surface area contributed by atoms with Crippen molar-refractivity contribution in [1.82, 2.24) is 21.3 Å². The third-order valence-corrected chi connectivity index (χ3v) is 22.4. The lowest BCUT2D eigenvalue weighted by molar-refractivity contribution is -0.399. The van der Waals surface area contributed by atoms with Crippen molar-refractivity contribution in [2.45, 2.75) is 341 Å². The van der Waals surface area contributed by atoms with Crippen molar-refractivity contribution in [2.24, 2.45) is 0 Å². The maximum atomic E-state index is 13.3. The first kappa shape index (κ1) is 100. The van der Waals surface area contributed by atoms with E-state index in [1.54, 1.807) is 0 Å². The summed E-state index contributed by atoms with van der Waals surface area (Å²) in [5.74, 6) is -3.79. The van der Waals surface area contributed by atoms with E-state index < -0.39 is 390 Å². The summed E-state index contributed by atoms with van der Waals surface area (Å²) in [6.45, 7) is -4.95. The molecule has 0 aliphatic carbocycles. The summed E-state index contributed by atoms with van der Waals surface area (Å²) in [6, 6.07) is -7.69. The summed E-state index contributed by atoms with van der Waals surface area (Å²) >= 11 is 0. The Labute approximate surface area is 691 Å². The second kappa shape index (κ2) is 43.6. The molecule has 0 radical (unpaired) electrons. The molecule has 706 valence electrons. The number of carbonyl (C=O) groups is 4. The molecule has 4 amide bonds. The molecule has 10 saturated heterocycles. The maximum Gasteiger partial charge on any atom is 0.217 e. The van der Waals surface area contributed by atoms with Crippen LogP contribution in [0.1, 0.15) is 34.6 Å². The van der Waals surface area contributed by atoms with Crippen molar-refractivity contribution >= 4 is 23.6 Å². The molecule has 122 heavy (non-hydrogen) atoms. The summed E-state index contributed by atoms with van der Waals surface area (Å²) in [5, 5.41) is 311. The third kappa shape index (κ3) is 22.0. The van der Waals surface area contributed by atoms with Gasteiger partial charge in [0.05, 0.1) is 65.6 Å². The van der Waals surface area contributed by atoms with Gasteiger partial charge in [-0.25, -0.2) is 0 Å². The standard InChI is InChI=1S/C68H114N4O50/c1-15-33(84)43(94)48(99)63(106-15)104-14-28-53(41(92)29(59(103)107-28)69-16(2)80)116-60-30(70-17(3)81)42(93)52(26(12-79)114-60)117-66-51(102)56(120-68-58(47(98)37(88)23(9-76)113-68)122-62-32(72-19(5)83)55(39(90)25(11-78)109-62)119-65-50(101)45(96)35(86)21(7-74)111-65)40(91)27(115-66)13-105-67-57(46(97)36(87)22(8-75)112-67)121-61-31(71-18(4)82)54(38(89)24(10-77)108-61)118-64-49(100)44(95)34(85)20(6-73)110-64/h15,20-68,73-79,84-103H,6-14H2,1-5H3,(H,69,80)(H,70,81)(H,71,82)(H,72,83)/t15-,20+,21+,22+,23+,24+,25+,26+,27+,28+,29+,30+,31+,32-,33+,34-,35-,36+,37+,38+,39+,40+,41+,42+,43+,44-,45-,46-,47-,48-,49+,50+,51-,52+,53+,54+,55+,56-,57-,58-,59+,60-,61-,62-,63+,64-,65-,66-,67-,68+/m0/s1. The molecular weight excluding hydrogens is 1670 g/mol. The molecule has 54 heteroatoms. The molecule has 0 bridgehead atoms. The van der Waals surface area contributed by atoms with Gasteiger partial charge in [-0.3, -0.25) is 19.2 Å². The number of rotatable bonds is 31. The van der Waals surface area contributed by atoms with Gasteiger partial charge in [-0.2, -0.15) is 0 Å². The van der Waals surface area contributed by atoms with Crippen LogP contribution in [0.2, 0.25) is 0 Å². The predicted molar refractivity (Wildman–Crippen MR) is 375 cm³/mol. The zero-order chi connectivity index (χ0) is 89.8. The van der Waals surface area contributed by atoms with Gasteiger partial charge in [0.2, 0.25) is 23.6 Å². The molecule has 10 aliphatic heterocycles. The Kier molecular flexibility index (Phi) is 35.8. The number of aliphatic hydroxyl groups excluding tert-OH is 27. The molecule has 54 nitrogen and oxygen atoms in total. The largest absolute Gasteiger partial charge is 0.394 e. The average molecular weight is 1790 g/mol. The number of hydrogen-bond acceptors (Lipinski definition) is 50. The van der Waals surface area contributed by atoms with Crippen molar-refractivity contribution in [2.75, 3.05) is 59.5 Å². The molecule has 0 spiro atoms. The Morgan fingerprint density at radius 2 is 0.516 bits per heavy atom. The van der Waals surface area contributed by atoms with Crippen LogP contribution in [0, 0.1) is 0 Å². The van der Waals surface area contributed by atoms with Gasteiger partial charge in [0.1, 0.15) is 238 Å². The van der Waals surface area contributed by atoms with E-state index in [9.17, 15) is 157 Å². The molecule has 10 fully saturated rings. The van der Waals surface area contributed by atoms with E-state index in [0.29, 0.717) is 0 Å². The quantitative estimate of drug-likeness (QED) is 0.0306. The summed E-state index contributed by atoms with van der Waals surface area (Å²) in [6.07, 6.45) is -96.2. The topological polar surface area (TPSA) is 838 Å². The molecule has 50 atom stereocenters. The Morgan fingerprint density at radius 1 is 0.230 bits per heavy atom. The lowest BCUT2D eigenvalue weighted by Gasteiger charge is -2.51. The smallest absolute Gasteiger partial charge is 0.217 e. The predicted octanol–water partition coefficient (Wildman–Crippen LogP) is -21.2. The molecule has 10 aliphatic rings. The molecule has 0 aromatic heterocycles. The molecule has 10 rings (SSSR count). The average Bonchev–Trinajstić information content (AvgIpc) is 0.766. The van der Waals surface area contributed by atoms with E-state index in [-0.39, 0.29) is 0 Å². The fourth-order valence-electron chi connectivity index (χ4n) is 15.8. The van der Waals surface area contributed by atoms with Gasteiger partial charge in [-0.1, -0.05) is 0 Å². The highest BCUT2D eigenvalue weighted by molar-refractivity contribution is 5.74. The fourth-order valence-corrected chi connectivity index (χ4v) is 15.8. The van der Waals surface area contributed by atoms with E-state index in [1.165, 1.54) is 6.92 Å². The van der Waals surface area contributed by atoms with Gasteiger partial charge in [-0.15, -0.1) is 0 Å². The minimum atomic E-state index is -2.64. The summed E-state index contributed by atoms with van der Waals surface area (Å²) < 4.78 is 113. The first-order valence-corrected chi connectivity index (χ1v) is 39.0. The summed E-state index contributed by atoms with van der Waals surface area (Å²) in [5.41, 5.74) is 0. The van der Waals surface area contributed by atoms with Gasteiger partial charge in [0, 0.05) is 27.7 Å². The fraction of sp³-hybridized carbons (Fsp3) is 0.941. The Bertz CT molecular complexity index is 3290. The molecule has 10 heterocycles. The van der Waals surface area contributed by atoms with Crippen LogP contribution in [0.25, 0.3) is 0 Å². The van der Waals surface area contributed by atoms with E-state index in [4.69, 9.17) is 90.0 Å². The zero-order valence-corrected chi connectivity index (χ0v) is 65.7. The Hall–Kier alpha value is -3.96. The second-order valence-electron chi connectivity index (χ2n) is 31.0. The van der Waals surface area contributed by atoms with E-state index >= 15 is 0 Å². The van der Waals surface area contributed by atoms with Crippen molar-refractivity contribution in [1.29, 1.82) is 0 Å². The second-order valence-corrected chi connectivity index (χ2v) is 31.0. The molecule has 0 aromatic carbocycles. The van der Waals surface area contributed by atoms with Crippen molar-refractivity contribution in [3.63, 3.8) is 0 Å². The molecule has 0 unspecified atom stereocenters. The van der Waals surface area contributed by atoms with Crippen LogP contribution in [0.15, 0.2) is 0 Å². The highest BCUT2D eigenvalue weighted by atomic mass is 16.8. The molecule has 0 saturated carbocycles. The first-order valence-electron chi connectivity index (χ1n) is 39.0. The van der Waals surface area contributed by atoms with E-state index in [1.807, 2.05) is 0 Å². The van der Waals surface area contributed by atoms with Crippen LogP contribution in [-0.4, -0.2) is 528 Å². The van der Waals surface area contributed by atoms with Crippen LogP contribution < -0.4 is 21.3 Å². The SMILES string of the molecule is CC(=O)N[C@@H]1[C@H](O[C@@H]2[C@@H](O[C@@H]3[C@H](O)[C@H](O[C@H]4[C@H](O)[C@@H](NC(C)=O)[C@H](O[C@H]5[C@H](O)[C@@H](NC(C)=O)[C@H](O)O[C@@H]5CO[C@@H]5O[C@@H](C)[C@@H](O)[C@@H](O)[C@@H]5O)O[C@@H]4CO)O[C@H](CO[C@H]4O[C@H](CO)[C@@H](O)[C@H](O)[C@@H]4O[C@@H]4O[C@H](CO)[C@@H](O)[C@H](O[C@@H]5O[C@H](CO)[C@H](O)[C@H](O)[C@H]5O)[C@H]4NC(C)=O)[C@H]3O)O[C@H](CO)[C@@H](O)[C@@H]2O)O[C@H](CO)[C@@H](O)[C@@H]1O[C@@H]1O[C@H](CO)[C@H](O)[C@H](O)[C@H]1O. The minimum Gasteiger partial charge on any atom is -0.394 e. The monoisotopic (exact) mass is 1790 g/mol. The maximum absolute atomic E-state index is 13.3. The minimum absolute atomic E-state index is 0.848. The van der Waals surface area contributed by atoms with E-state index in [2.05, 4.69) is 21.3 Å². The van der Waals surface area contributed by atoms with Gasteiger partial charge in [-0.05, 0) is 6.92 Å². The third-order valence-electron chi connectivity index (χ3n) is 22.4. The molecular formula is C68H114N4O50. The molecule has 0 aromatic rings. The highest BCUT2D eigenvalue weighted by Gasteiger charge is 2.62. The van der Waals surface area contributed by atoms with Crippen LogP contribution in [0.4, 0.5) is 0 Å². The van der Waals surface area contributed by atoms with Crippen LogP contribution in [0.3, 0.4) is 0 Å². The lowest BCUT2D eigenvalue weighted by Crippen LogP contribution is -2.71. The number of nitrogens with one attached hydrogen (secondary N) is 4. The van der Waals surface area contributed by atoms with Gasteiger partial charge < -0.3 is 249 Å². The Morgan fingerprint density at radius 3 is 0.975 bits per heavy atom. The highest BCUT2D eigenvalue weighted by Crippen LogP contribution is 2.41. The number of carbonyl (C=O) groups excluding carboxylic acids is 4. The number of ether oxygens (including phenoxy) is 19. The summed E-state index contributed by atoms with van der Waals surface area (Å²) in [4.78, 5) is 51.9. The number of aliphatic hydroxyl groups is 27. The van der Waals surface area contributed by atoms with Crippen molar-refractivity contribution in [3.8, 4) is 0 Å². The van der Waals surface area contributed by atoms with E-state index in [0.717, 1.165) is 27.7 Å². The normalized spacial score (nSPS) is 49.7. The van der Waals surface area contributed by atoms with Crippen molar-refractivity contribution < 1.29 is 247 Å². The summed E-state index contributed by atoms with van der Waals surface area (Å²) in [7, 11) is 0.